The minimum absolute atomic E-state index is 0.344. The molecule has 4 rings (SSSR count). The number of rotatable bonds is 4. The number of halogens is 2. The molecule has 0 aliphatic carbocycles. The molecule has 0 saturated heterocycles. The van der Waals surface area contributed by atoms with Crippen LogP contribution in [0.2, 0.25) is 10.0 Å². The first-order chi connectivity index (χ1) is 13.9. The molecule has 3 aromatic heterocycles. The molecule has 7 nitrogen and oxygen atoms in total. The Morgan fingerprint density at radius 3 is 2.83 bits per heavy atom. The Bertz CT molecular complexity index is 1260. The summed E-state index contributed by atoms with van der Waals surface area (Å²) in [5.41, 5.74) is 9.87. The van der Waals surface area contributed by atoms with Crippen molar-refractivity contribution >= 4 is 62.7 Å². The van der Waals surface area contributed by atoms with Crippen molar-refractivity contribution in [3.05, 3.63) is 62.9 Å². The Morgan fingerprint density at radius 1 is 1.24 bits per heavy atom. The van der Waals surface area contributed by atoms with Gasteiger partial charge in [0.15, 0.2) is 0 Å². The Labute approximate surface area is 179 Å². The van der Waals surface area contributed by atoms with Crippen molar-refractivity contribution in [3.63, 3.8) is 0 Å². The molecule has 0 aliphatic heterocycles. The number of amides is 1. The number of nitrogens with zero attached hydrogens (tertiary/aromatic N) is 3. The largest absolute Gasteiger partial charge is 0.455 e. The summed E-state index contributed by atoms with van der Waals surface area (Å²) >= 11 is 13.2. The van der Waals surface area contributed by atoms with Gasteiger partial charge in [-0.25, -0.2) is 15.4 Å². The minimum atomic E-state index is -0.364. The molecule has 4 aromatic rings. The van der Waals surface area contributed by atoms with Crippen LogP contribution in [0.15, 0.2) is 46.2 Å². The van der Waals surface area contributed by atoms with Gasteiger partial charge in [0.25, 0.3) is 5.91 Å². The van der Waals surface area contributed by atoms with Crippen LogP contribution in [0.25, 0.3) is 21.5 Å². The summed E-state index contributed by atoms with van der Waals surface area (Å²) in [7, 11) is 0. The van der Waals surface area contributed by atoms with Crippen molar-refractivity contribution < 1.29 is 9.21 Å². The number of hydrazone groups is 1. The number of carbonyl (C=O) groups is 1. The van der Waals surface area contributed by atoms with Gasteiger partial charge >= 0.3 is 0 Å². The quantitative estimate of drug-likeness (QED) is 0.342. The van der Waals surface area contributed by atoms with Crippen LogP contribution >= 0.6 is 34.5 Å². The van der Waals surface area contributed by atoms with Gasteiger partial charge in [0, 0.05) is 5.56 Å². The van der Waals surface area contributed by atoms with E-state index in [1.165, 1.54) is 23.9 Å². The van der Waals surface area contributed by atoms with Gasteiger partial charge in [-0.2, -0.15) is 5.10 Å². The average molecular weight is 446 g/mol. The van der Waals surface area contributed by atoms with Gasteiger partial charge in [-0.05, 0) is 42.8 Å². The summed E-state index contributed by atoms with van der Waals surface area (Å²) in [4.78, 5) is 21.7. The minimum Gasteiger partial charge on any atom is -0.455 e. The Balaban J connectivity index is 1.49. The molecule has 0 bridgehead atoms. The maximum absolute atomic E-state index is 12.5. The molecule has 0 aliphatic rings. The number of nitrogen functional groups attached to an aromatic ring is 1. The number of aryl methyl sites for hydroxylation is 1. The fourth-order valence-electron chi connectivity index (χ4n) is 2.75. The SMILES string of the molecule is Cc1c(C(=O)N/N=C\c2ccc(-c3ccc(Cl)c(Cl)c3)o2)sc2ncnc(N)c12. The number of hydrogen-bond acceptors (Lipinski definition) is 7. The first-order valence-electron chi connectivity index (χ1n) is 8.32. The van der Waals surface area contributed by atoms with Crippen LogP contribution in [-0.4, -0.2) is 22.1 Å². The summed E-state index contributed by atoms with van der Waals surface area (Å²) in [5, 5.41) is 5.55. The fourth-order valence-corrected chi connectivity index (χ4v) is 4.09. The number of nitrogens with two attached hydrogens (primary N) is 1. The monoisotopic (exact) mass is 445 g/mol. The highest BCUT2D eigenvalue weighted by atomic mass is 35.5. The summed E-state index contributed by atoms with van der Waals surface area (Å²) < 4.78 is 5.71. The van der Waals surface area contributed by atoms with E-state index in [-0.39, 0.29) is 5.91 Å². The molecule has 3 heterocycles. The number of carbonyl (C=O) groups excluding carboxylic acids is 1. The van der Waals surface area contributed by atoms with Gasteiger partial charge in [-0.3, -0.25) is 4.79 Å². The Morgan fingerprint density at radius 2 is 2.07 bits per heavy atom. The normalized spacial score (nSPS) is 11.4. The topological polar surface area (TPSA) is 106 Å². The van der Waals surface area contributed by atoms with Crippen molar-refractivity contribution in [2.75, 3.05) is 5.73 Å². The molecule has 29 heavy (non-hydrogen) atoms. The Kier molecular flexibility index (Phi) is 5.23. The number of hydrogen-bond donors (Lipinski definition) is 2. The molecular weight excluding hydrogens is 433 g/mol. The first kappa shape index (κ1) is 19.4. The van der Waals surface area contributed by atoms with Crippen LogP contribution in [-0.2, 0) is 0 Å². The molecule has 10 heteroatoms. The number of benzene rings is 1. The third-order valence-corrected chi connectivity index (χ3v) is 6.09. The van der Waals surface area contributed by atoms with E-state index in [9.17, 15) is 4.79 Å². The van der Waals surface area contributed by atoms with Crippen molar-refractivity contribution in [3.8, 4) is 11.3 Å². The van der Waals surface area contributed by atoms with E-state index in [1.54, 1.807) is 37.3 Å². The summed E-state index contributed by atoms with van der Waals surface area (Å²) in [6, 6.07) is 8.72. The molecule has 0 radical (unpaired) electrons. The molecular formula is C19H13Cl2N5O2S. The maximum Gasteiger partial charge on any atom is 0.281 e. The molecule has 146 valence electrons. The highest BCUT2D eigenvalue weighted by Crippen LogP contribution is 2.32. The fraction of sp³-hybridized carbons (Fsp3) is 0.0526. The molecule has 1 aromatic carbocycles. The average Bonchev–Trinajstić information content (AvgIpc) is 3.29. The summed E-state index contributed by atoms with van der Waals surface area (Å²) in [5.74, 6) is 1.05. The number of fused-ring (bicyclic) bond motifs is 1. The lowest BCUT2D eigenvalue weighted by atomic mass is 10.2. The van der Waals surface area contributed by atoms with E-state index in [2.05, 4.69) is 20.5 Å². The van der Waals surface area contributed by atoms with Gasteiger partial charge in [-0.15, -0.1) is 11.3 Å². The van der Waals surface area contributed by atoms with Crippen molar-refractivity contribution in [1.82, 2.24) is 15.4 Å². The molecule has 1 amide bonds. The van der Waals surface area contributed by atoms with E-state index < -0.39 is 0 Å². The highest BCUT2D eigenvalue weighted by Gasteiger charge is 2.18. The lowest BCUT2D eigenvalue weighted by Crippen LogP contribution is -2.17. The second-order valence-electron chi connectivity index (χ2n) is 6.03. The van der Waals surface area contributed by atoms with Gasteiger partial charge in [0.05, 0.1) is 26.5 Å². The van der Waals surface area contributed by atoms with Crippen molar-refractivity contribution in [2.24, 2.45) is 5.10 Å². The number of aromatic nitrogens is 2. The third kappa shape index (κ3) is 3.82. The molecule has 3 N–H and O–H groups in total. The smallest absolute Gasteiger partial charge is 0.281 e. The number of anilines is 1. The zero-order valence-corrected chi connectivity index (χ0v) is 17.3. The first-order valence-corrected chi connectivity index (χ1v) is 9.89. The van der Waals surface area contributed by atoms with Crippen LogP contribution in [0.1, 0.15) is 21.0 Å². The number of thiophene rings is 1. The summed E-state index contributed by atoms with van der Waals surface area (Å²) in [6.45, 7) is 1.80. The van der Waals surface area contributed by atoms with Crippen molar-refractivity contribution in [1.29, 1.82) is 0 Å². The maximum atomic E-state index is 12.5. The van der Waals surface area contributed by atoms with Crippen LogP contribution in [0, 0.1) is 6.92 Å². The second-order valence-corrected chi connectivity index (χ2v) is 7.84. The van der Waals surface area contributed by atoms with Gasteiger partial charge < -0.3 is 10.2 Å². The van der Waals surface area contributed by atoms with Gasteiger partial charge in [-0.1, -0.05) is 23.2 Å². The van der Waals surface area contributed by atoms with E-state index in [1.807, 2.05) is 0 Å². The van der Waals surface area contributed by atoms with E-state index in [0.717, 1.165) is 11.1 Å². The van der Waals surface area contributed by atoms with Crippen molar-refractivity contribution in [2.45, 2.75) is 6.92 Å². The molecule has 0 fully saturated rings. The Hall–Kier alpha value is -2.94. The third-order valence-electron chi connectivity index (χ3n) is 4.15. The highest BCUT2D eigenvalue weighted by molar-refractivity contribution is 7.20. The predicted molar refractivity (Wildman–Crippen MR) is 116 cm³/mol. The summed E-state index contributed by atoms with van der Waals surface area (Å²) in [6.07, 6.45) is 2.78. The van der Waals surface area contributed by atoms with Gasteiger partial charge in [0.1, 0.15) is 28.5 Å². The molecule has 0 saturated carbocycles. The number of furan rings is 1. The van der Waals surface area contributed by atoms with Crippen LogP contribution in [0.5, 0.6) is 0 Å². The van der Waals surface area contributed by atoms with Gasteiger partial charge in [0.2, 0.25) is 0 Å². The zero-order chi connectivity index (χ0) is 20.5. The van der Waals surface area contributed by atoms with E-state index >= 15 is 0 Å². The molecule has 0 atom stereocenters. The zero-order valence-electron chi connectivity index (χ0n) is 14.9. The second kappa shape index (κ2) is 7.82. The predicted octanol–water partition coefficient (Wildman–Crippen LogP) is 4.91. The van der Waals surface area contributed by atoms with E-state index in [4.69, 9.17) is 33.4 Å². The van der Waals surface area contributed by atoms with Crippen LogP contribution in [0.3, 0.4) is 0 Å². The molecule has 0 spiro atoms. The molecule has 0 unspecified atom stereocenters. The lowest BCUT2D eigenvalue weighted by Gasteiger charge is -2.00. The lowest BCUT2D eigenvalue weighted by molar-refractivity contribution is 0.0958. The van der Waals surface area contributed by atoms with Crippen LogP contribution in [0.4, 0.5) is 5.82 Å². The van der Waals surface area contributed by atoms with Crippen LogP contribution < -0.4 is 11.2 Å². The van der Waals surface area contributed by atoms with E-state index in [0.29, 0.717) is 42.5 Å². The standard InChI is InChI=1S/C19H13Cl2N5O2S/c1-9-15-17(22)23-8-24-19(15)29-16(9)18(27)26-25-7-11-3-5-14(28-11)10-2-4-12(20)13(21)6-10/h2-8H,1H3,(H,26,27)(H2,22,23,24)/b25-7-. The number of nitrogens with one attached hydrogen (secondary N) is 1.